The van der Waals surface area contributed by atoms with Crippen molar-refractivity contribution in [2.24, 2.45) is 0 Å². The van der Waals surface area contributed by atoms with E-state index < -0.39 is 11.8 Å². The Bertz CT molecular complexity index is 1150. The van der Waals surface area contributed by atoms with Crippen molar-refractivity contribution in [3.05, 3.63) is 86.7 Å². The fraction of sp³-hybridized carbons (Fsp3) is 0. The third kappa shape index (κ3) is 3.98. The van der Waals surface area contributed by atoms with Crippen LogP contribution < -0.4 is 10.2 Å². The maximum absolute atomic E-state index is 13.1. The van der Waals surface area contributed by atoms with Crippen molar-refractivity contribution < 1.29 is 9.59 Å². The number of nitrogens with one attached hydrogen (secondary N) is 1. The third-order valence-corrected chi connectivity index (χ3v) is 5.62. The van der Waals surface area contributed by atoms with Gasteiger partial charge in [-0.05, 0) is 102 Å². The van der Waals surface area contributed by atoms with Crippen LogP contribution in [0.1, 0.15) is 5.69 Å². The predicted octanol–water partition coefficient (Wildman–Crippen LogP) is 4.57. The molecule has 0 unspecified atom stereocenters. The monoisotopic (exact) mass is 533 g/mol. The number of nitrogens with zero attached hydrogens (tertiary/aromatic N) is 2. The normalized spacial score (nSPS) is 15.7. The Morgan fingerprint density at radius 3 is 2.31 bits per heavy atom. The Morgan fingerprint density at radius 1 is 0.966 bits per heavy atom. The molecule has 3 aromatic rings. The number of amides is 2. The third-order valence-electron chi connectivity index (χ3n) is 4.36. The first-order valence-corrected chi connectivity index (χ1v) is 10.4. The molecular formula is C21H13ClIN3O2S. The molecule has 144 valence electrons. The Balaban J connectivity index is 1.73. The highest BCUT2D eigenvalue weighted by Gasteiger charge is 2.34. The molecule has 1 aliphatic heterocycles. The SMILES string of the molecule is O=C1NC(=S)N(c2ccc(Cl)cc2)C(=O)C1=Cc1cccn1-c1ccc(I)cc1. The van der Waals surface area contributed by atoms with Gasteiger partial charge in [-0.1, -0.05) is 11.6 Å². The molecule has 1 aliphatic rings. The van der Waals surface area contributed by atoms with Gasteiger partial charge >= 0.3 is 0 Å². The molecule has 5 nitrogen and oxygen atoms in total. The maximum atomic E-state index is 13.1. The molecule has 1 saturated heterocycles. The number of anilines is 1. The number of halogens is 2. The molecule has 0 aliphatic carbocycles. The second kappa shape index (κ2) is 8.10. The van der Waals surface area contributed by atoms with Gasteiger partial charge in [0.05, 0.1) is 5.69 Å². The molecule has 0 saturated carbocycles. The van der Waals surface area contributed by atoms with E-state index in [1.54, 1.807) is 30.3 Å². The summed E-state index contributed by atoms with van der Waals surface area (Å²) in [6, 6.07) is 18.3. The van der Waals surface area contributed by atoms with E-state index in [1.807, 2.05) is 47.2 Å². The van der Waals surface area contributed by atoms with Crippen LogP contribution in [-0.2, 0) is 9.59 Å². The molecule has 0 radical (unpaired) electrons. The first-order valence-electron chi connectivity index (χ1n) is 8.54. The van der Waals surface area contributed by atoms with Crippen molar-refractivity contribution >= 4 is 75.1 Å². The number of rotatable bonds is 3. The van der Waals surface area contributed by atoms with Crippen LogP contribution in [0.25, 0.3) is 11.8 Å². The van der Waals surface area contributed by atoms with Gasteiger partial charge in [0, 0.05) is 26.2 Å². The zero-order valence-electron chi connectivity index (χ0n) is 14.8. The summed E-state index contributed by atoms with van der Waals surface area (Å²) in [5.41, 5.74) is 2.16. The van der Waals surface area contributed by atoms with Gasteiger partial charge in [-0.3, -0.25) is 19.8 Å². The Kier molecular flexibility index (Phi) is 5.53. The molecule has 2 amide bonds. The molecule has 0 spiro atoms. The summed E-state index contributed by atoms with van der Waals surface area (Å²) in [5.74, 6) is -1.02. The number of benzene rings is 2. The van der Waals surface area contributed by atoms with Crippen molar-refractivity contribution in [2.45, 2.75) is 0 Å². The van der Waals surface area contributed by atoms with E-state index in [0.717, 1.165) is 9.26 Å². The minimum atomic E-state index is -0.527. The summed E-state index contributed by atoms with van der Waals surface area (Å²) in [6.45, 7) is 0. The molecule has 0 atom stereocenters. The second-order valence-electron chi connectivity index (χ2n) is 6.21. The summed E-state index contributed by atoms with van der Waals surface area (Å²) < 4.78 is 3.02. The first-order chi connectivity index (χ1) is 13.9. The summed E-state index contributed by atoms with van der Waals surface area (Å²) in [5, 5.41) is 3.16. The lowest BCUT2D eigenvalue weighted by Crippen LogP contribution is -2.54. The lowest BCUT2D eigenvalue weighted by molar-refractivity contribution is -0.122. The van der Waals surface area contributed by atoms with E-state index in [-0.39, 0.29) is 10.7 Å². The van der Waals surface area contributed by atoms with Gasteiger partial charge in [0.2, 0.25) is 0 Å². The van der Waals surface area contributed by atoms with E-state index in [4.69, 9.17) is 23.8 Å². The van der Waals surface area contributed by atoms with Crippen LogP contribution in [0.4, 0.5) is 5.69 Å². The Labute approximate surface area is 191 Å². The van der Waals surface area contributed by atoms with Gasteiger partial charge in [-0.25, -0.2) is 0 Å². The van der Waals surface area contributed by atoms with E-state index in [0.29, 0.717) is 16.4 Å². The quantitative estimate of drug-likeness (QED) is 0.232. The van der Waals surface area contributed by atoms with Gasteiger partial charge in [0.25, 0.3) is 11.8 Å². The van der Waals surface area contributed by atoms with E-state index in [1.165, 1.54) is 4.90 Å². The summed E-state index contributed by atoms with van der Waals surface area (Å²) in [7, 11) is 0. The predicted molar refractivity (Wildman–Crippen MR) is 126 cm³/mol. The van der Waals surface area contributed by atoms with Gasteiger partial charge in [-0.2, -0.15) is 0 Å². The van der Waals surface area contributed by atoms with Crippen LogP contribution in [0.15, 0.2) is 72.4 Å². The lowest BCUT2D eigenvalue weighted by Gasteiger charge is -2.29. The number of carbonyl (C=O) groups is 2. The van der Waals surface area contributed by atoms with Crippen LogP contribution in [0.2, 0.25) is 5.02 Å². The minimum Gasteiger partial charge on any atom is -0.317 e. The van der Waals surface area contributed by atoms with Crippen molar-refractivity contribution in [2.75, 3.05) is 4.90 Å². The van der Waals surface area contributed by atoms with Crippen LogP contribution in [-0.4, -0.2) is 21.5 Å². The topological polar surface area (TPSA) is 54.3 Å². The van der Waals surface area contributed by atoms with Crippen molar-refractivity contribution in [3.63, 3.8) is 0 Å². The molecule has 1 N–H and O–H groups in total. The Hall–Kier alpha value is -2.49. The largest absolute Gasteiger partial charge is 0.317 e. The van der Waals surface area contributed by atoms with Gasteiger partial charge in [0.15, 0.2) is 5.11 Å². The van der Waals surface area contributed by atoms with Gasteiger partial charge < -0.3 is 4.57 Å². The zero-order valence-corrected chi connectivity index (χ0v) is 18.5. The van der Waals surface area contributed by atoms with Gasteiger partial charge in [-0.15, -0.1) is 0 Å². The number of hydrogen-bond donors (Lipinski definition) is 1. The van der Waals surface area contributed by atoms with Crippen LogP contribution in [0, 0.1) is 3.57 Å². The second-order valence-corrected chi connectivity index (χ2v) is 8.28. The highest BCUT2D eigenvalue weighted by atomic mass is 127. The smallest absolute Gasteiger partial charge is 0.270 e. The molecular weight excluding hydrogens is 521 g/mol. The molecule has 8 heteroatoms. The van der Waals surface area contributed by atoms with Crippen LogP contribution in [0.3, 0.4) is 0 Å². The molecule has 1 fully saturated rings. The van der Waals surface area contributed by atoms with Crippen molar-refractivity contribution in [1.29, 1.82) is 0 Å². The van der Waals surface area contributed by atoms with E-state index in [2.05, 4.69) is 27.9 Å². The standard InChI is InChI=1S/C21H13ClIN3O2S/c22-13-3-7-16(8-4-13)26-20(28)18(19(27)24-21(26)29)12-17-2-1-11-25(17)15-9-5-14(23)6-10-15/h1-12H,(H,24,27,29). The number of aromatic nitrogens is 1. The molecule has 2 heterocycles. The maximum Gasteiger partial charge on any atom is 0.270 e. The van der Waals surface area contributed by atoms with Crippen molar-refractivity contribution in [3.8, 4) is 5.69 Å². The zero-order chi connectivity index (χ0) is 20.5. The fourth-order valence-corrected chi connectivity index (χ4v) is 3.75. The fourth-order valence-electron chi connectivity index (χ4n) is 2.98. The van der Waals surface area contributed by atoms with Crippen LogP contribution >= 0.6 is 46.4 Å². The van der Waals surface area contributed by atoms with E-state index >= 15 is 0 Å². The molecule has 29 heavy (non-hydrogen) atoms. The van der Waals surface area contributed by atoms with E-state index in [9.17, 15) is 9.59 Å². The van der Waals surface area contributed by atoms with Crippen LogP contribution in [0.5, 0.6) is 0 Å². The summed E-state index contributed by atoms with van der Waals surface area (Å²) in [4.78, 5) is 26.9. The van der Waals surface area contributed by atoms with Gasteiger partial charge in [0.1, 0.15) is 5.57 Å². The summed E-state index contributed by atoms with van der Waals surface area (Å²) in [6.07, 6.45) is 3.45. The highest BCUT2D eigenvalue weighted by molar-refractivity contribution is 14.1. The molecule has 1 aromatic heterocycles. The molecule has 4 rings (SSSR count). The average molecular weight is 534 g/mol. The average Bonchev–Trinajstić information content (AvgIpc) is 3.15. The van der Waals surface area contributed by atoms with Crippen molar-refractivity contribution in [1.82, 2.24) is 9.88 Å². The number of carbonyl (C=O) groups excluding carboxylic acids is 2. The lowest BCUT2D eigenvalue weighted by atomic mass is 10.1. The highest BCUT2D eigenvalue weighted by Crippen LogP contribution is 2.24. The Morgan fingerprint density at radius 2 is 1.62 bits per heavy atom. The minimum absolute atomic E-state index is 0.000915. The molecule has 2 aromatic carbocycles. The number of hydrogen-bond acceptors (Lipinski definition) is 3. The molecule has 0 bridgehead atoms. The number of thiocarbonyl (C=S) groups is 1. The first kappa shape index (κ1) is 19.8. The summed E-state index contributed by atoms with van der Waals surface area (Å²) >= 11 is 13.4.